The van der Waals surface area contributed by atoms with E-state index in [2.05, 4.69) is 15.0 Å². The Morgan fingerprint density at radius 2 is 1.90 bits per heavy atom. The Morgan fingerprint density at radius 1 is 0.950 bits per heavy atom. The Hall–Kier alpha value is -2.88. The molecule has 0 aliphatic heterocycles. The number of nitrogens with one attached hydrogen (secondary N) is 1. The highest BCUT2D eigenvalue weighted by atomic mass is 16.3. The molecule has 4 aromatic rings. The number of H-pyrrole nitrogens is 1. The van der Waals surface area contributed by atoms with Crippen LogP contribution in [0.3, 0.4) is 0 Å². The number of nitrogens with zero attached hydrogens (tertiary/aromatic N) is 2. The second-order valence-electron chi connectivity index (χ2n) is 4.66. The standard InChI is InChI=1S/C16H11N3O/c20-10-6-7-14-15(9-10)19-16(18-14)12-3-1-5-13-11(12)4-2-8-17-13/h1-9,20H,(H,18,19). The van der Waals surface area contributed by atoms with Gasteiger partial charge in [-0.05, 0) is 24.3 Å². The van der Waals surface area contributed by atoms with Crippen LogP contribution in [-0.4, -0.2) is 20.1 Å². The fraction of sp³-hybridized carbons (Fsp3) is 0. The average molecular weight is 261 g/mol. The zero-order valence-electron chi connectivity index (χ0n) is 10.5. The molecule has 4 rings (SSSR count). The molecule has 0 aliphatic carbocycles. The van der Waals surface area contributed by atoms with Gasteiger partial charge in [0.2, 0.25) is 0 Å². The molecule has 2 heterocycles. The lowest BCUT2D eigenvalue weighted by Crippen LogP contribution is -1.84. The summed E-state index contributed by atoms with van der Waals surface area (Å²) in [5.74, 6) is 1.01. The van der Waals surface area contributed by atoms with Gasteiger partial charge in [-0.1, -0.05) is 18.2 Å². The summed E-state index contributed by atoms with van der Waals surface area (Å²) in [5, 5.41) is 10.6. The largest absolute Gasteiger partial charge is 0.508 e. The molecule has 4 heteroatoms. The fourth-order valence-electron chi connectivity index (χ4n) is 2.44. The lowest BCUT2D eigenvalue weighted by Gasteiger charge is -2.02. The van der Waals surface area contributed by atoms with Crippen LogP contribution in [-0.2, 0) is 0 Å². The monoisotopic (exact) mass is 261 g/mol. The van der Waals surface area contributed by atoms with Gasteiger partial charge in [-0.15, -0.1) is 0 Å². The van der Waals surface area contributed by atoms with Gasteiger partial charge in [-0.2, -0.15) is 0 Å². The van der Waals surface area contributed by atoms with E-state index >= 15 is 0 Å². The molecule has 2 aromatic carbocycles. The van der Waals surface area contributed by atoms with Crippen molar-refractivity contribution in [1.29, 1.82) is 0 Å². The van der Waals surface area contributed by atoms with Gasteiger partial charge in [-0.25, -0.2) is 4.98 Å². The van der Waals surface area contributed by atoms with Crippen LogP contribution in [0.5, 0.6) is 5.75 Å². The second-order valence-corrected chi connectivity index (χ2v) is 4.66. The summed E-state index contributed by atoms with van der Waals surface area (Å²) in [4.78, 5) is 12.2. The predicted molar refractivity (Wildman–Crippen MR) is 78.5 cm³/mol. The first kappa shape index (κ1) is 11.0. The van der Waals surface area contributed by atoms with Gasteiger partial charge >= 0.3 is 0 Å². The highest BCUT2D eigenvalue weighted by molar-refractivity contribution is 5.94. The third kappa shape index (κ3) is 1.62. The van der Waals surface area contributed by atoms with E-state index in [0.717, 1.165) is 33.3 Å². The molecule has 0 saturated carbocycles. The minimum absolute atomic E-state index is 0.229. The topological polar surface area (TPSA) is 61.8 Å². The van der Waals surface area contributed by atoms with Crippen LogP contribution in [0.15, 0.2) is 54.7 Å². The number of aromatic hydroxyl groups is 1. The number of hydrogen-bond acceptors (Lipinski definition) is 3. The van der Waals surface area contributed by atoms with Crippen LogP contribution in [0.4, 0.5) is 0 Å². The molecule has 0 radical (unpaired) electrons. The maximum absolute atomic E-state index is 9.52. The van der Waals surface area contributed by atoms with Gasteiger partial charge in [-0.3, -0.25) is 4.98 Å². The number of rotatable bonds is 1. The van der Waals surface area contributed by atoms with Crippen LogP contribution < -0.4 is 0 Å². The fourth-order valence-corrected chi connectivity index (χ4v) is 2.44. The number of aromatic nitrogens is 3. The van der Waals surface area contributed by atoms with Crippen molar-refractivity contribution in [3.63, 3.8) is 0 Å². The van der Waals surface area contributed by atoms with E-state index in [-0.39, 0.29) is 5.75 Å². The van der Waals surface area contributed by atoms with Crippen molar-refractivity contribution in [2.24, 2.45) is 0 Å². The van der Waals surface area contributed by atoms with E-state index in [1.165, 1.54) is 0 Å². The van der Waals surface area contributed by atoms with Crippen molar-refractivity contribution >= 4 is 21.9 Å². The molecular formula is C16H11N3O. The highest BCUT2D eigenvalue weighted by Crippen LogP contribution is 2.28. The Bertz CT molecular complexity index is 922. The summed E-state index contributed by atoms with van der Waals surface area (Å²) in [6, 6.07) is 15.0. The number of pyridine rings is 1. The van der Waals surface area contributed by atoms with Crippen LogP contribution in [0.1, 0.15) is 0 Å². The number of benzene rings is 2. The maximum Gasteiger partial charge on any atom is 0.139 e. The van der Waals surface area contributed by atoms with Crippen LogP contribution in [0.2, 0.25) is 0 Å². The van der Waals surface area contributed by atoms with Gasteiger partial charge in [0.1, 0.15) is 11.6 Å². The molecule has 0 fully saturated rings. The minimum Gasteiger partial charge on any atom is -0.508 e. The molecule has 0 unspecified atom stereocenters. The third-order valence-electron chi connectivity index (χ3n) is 3.37. The number of fused-ring (bicyclic) bond motifs is 2. The first-order valence-corrected chi connectivity index (χ1v) is 6.34. The number of hydrogen-bond donors (Lipinski definition) is 2. The first-order chi connectivity index (χ1) is 9.81. The number of aromatic amines is 1. The molecule has 0 spiro atoms. The van der Waals surface area contributed by atoms with Crippen molar-refractivity contribution in [1.82, 2.24) is 15.0 Å². The van der Waals surface area contributed by atoms with Crippen LogP contribution in [0, 0.1) is 0 Å². The lowest BCUT2D eigenvalue weighted by atomic mass is 10.1. The second kappa shape index (κ2) is 4.06. The van der Waals surface area contributed by atoms with E-state index < -0.39 is 0 Å². The van der Waals surface area contributed by atoms with Gasteiger partial charge in [0.15, 0.2) is 0 Å². The van der Waals surface area contributed by atoms with Crippen molar-refractivity contribution < 1.29 is 5.11 Å². The van der Waals surface area contributed by atoms with E-state index in [1.54, 1.807) is 24.4 Å². The Balaban J connectivity index is 2.01. The van der Waals surface area contributed by atoms with Crippen molar-refractivity contribution in [2.45, 2.75) is 0 Å². The Labute approximate surface area is 114 Å². The molecule has 2 N–H and O–H groups in total. The minimum atomic E-state index is 0.229. The van der Waals surface area contributed by atoms with Crippen molar-refractivity contribution in [2.75, 3.05) is 0 Å². The Kier molecular flexibility index (Phi) is 2.23. The quantitative estimate of drug-likeness (QED) is 0.551. The molecule has 2 aromatic heterocycles. The Morgan fingerprint density at radius 3 is 2.85 bits per heavy atom. The van der Waals surface area contributed by atoms with E-state index in [1.807, 2.05) is 30.3 Å². The smallest absolute Gasteiger partial charge is 0.139 e. The van der Waals surface area contributed by atoms with Crippen molar-refractivity contribution in [3.05, 3.63) is 54.7 Å². The van der Waals surface area contributed by atoms with Crippen LogP contribution in [0.25, 0.3) is 33.3 Å². The molecule has 20 heavy (non-hydrogen) atoms. The normalized spacial score (nSPS) is 11.2. The van der Waals surface area contributed by atoms with E-state index in [9.17, 15) is 5.11 Å². The van der Waals surface area contributed by atoms with Gasteiger partial charge in [0, 0.05) is 23.2 Å². The molecule has 0 aliphatic rings. The number of phenolic OH excluding ortho intramolecular Hbond substituents is 1. The summed E-state index contributed by atoms with van der Waals surface area (Å²) in [6.07, 6.45) is 1.78. The zero-order chi connectivity index (χ0) is 13.5. The molecule has 4 nitrogen and oxygen atoms in total. The molecule has 96 valence electrons. The van der Waals surface area contributed by atoms with Crippen LogP contribution >= 0.6 is 0 Å². The van der Waals surface area contributed by atoms with Crippen molar-refractivity contribution in [3.8, 4) is 17.1 Å². The molecule has 0 amide bonds. The summed E-state index contributed by atoms with van der Waals surface area (Å²) >= 11 is 0. The first-order valence-electron chi connectivity index (χ1n) is 6.34. The molecular weight excluding hydrogens is 250 g/mol. The zero-order valence-corrected chi connectivity index (χ0v) is 10.5. The average Bonchev–Trinajstić information content (AvgIpc) is 2.89. The van der Waals surface area contributed by atoms with E-state index in [0.29, 0.717) is 0 Å². The third-order valence-corrected chi connectivity index (χ3v) is 3.37. The summed E-state index contributed by atoms with van der Waals surface area (Å²) < 4.78 is 0. The molecule has 0 atom stereocenters. The van der Waals surface area contributed by atoms with Gasteiger partial charge < -0.3 is 10.1 Å². The number of imidazole rings is 1. The number of phenols is 1. The SMILES string of the molecule is Oc1ccc2nc(-c3cccc4ncccc34)[nH]c2c1. The predicted octanol–water partition coefficient (Wildman–Crippen LogP) is 3.48. The summed E-state index contributed by atoms with van der Waals surface area (Å²) in [5.41, 5.74) is 3.60. The molecule has 0 bridgehead atoms. The van der Waals surface area contributed by atoms with Gasteiger partial charge in [0.25, 0.3) is 0 Å². The lowest BCUT2D eigenvalue weighted by molar-refractivity contribution is 0.476. The molecule has 0 saturated heterocycles. The summed E-state index contributed by atoms with van der Waals surface area (Å²) in [7, 11) is 0. The maximum atomic E-state index is 9.52. The van der Waals surface area contributed by atoms with Gasteiger partial charge in [0.05, 0.1) is 16.6 Å². The van der Waals surface area contributed by atoms with E-state index in [4.69, 9.17) is 0 Å². The summed E-state index contributed by atoms with van der Waals surface area (Å²) in [6.45, 7) is 0. The highest BCUT2D eigenvalue weighted by Gasteiger charge is 2.09.